The van der Waals surface area contributed by atoms with Crippen LogP contribution in [0.3, 0.4) is 0 Å². The van der Waals surface area contributed by atoms with Gasteiger partial charge in [-0.3, -0.25) is 9.59 Å². The van der Waals surface area contributed by atoms with Crippen molar-refractivity contribution < 1.29 is 23.5 Å². The van der Waals surface area contributed by atoms with Gasteiger partial charge in [-0.1, -0.05) is 29.8 Å². The molecule has 9 heteroatoms. The molecule has 0 aliphatic rings. The molecule has 0 aliphatic carbocycles. The summed E-state index contributed by atoms with van der Waals surface area (Å²) < 4.78 is 23.8. The summed E-state index contributed by atoms with van der Waals surface area (Å²) >= 11 is 6.28. The summed E-state index contributed by atoms with van der Waals surface area (Å²) in [4.78, 5) is 24.1. The van der Waals surface area contributed by atoms with E-state index in [1.54, 1.807) is 36.4 Å². The van der Waals surface area contributed by atoms with Crippen molar-refractivity contribution >= 4 is 35.3 Å². The van der Waals surface area contributed by atoms with Crippen LogP contribution in [0.25, 0.3) is 0 Å². The van der Waals surface area contributed by atoms with Gasteiger partial charge in [0, 0.05) is 11.3 Å². The van der Waals surface area contributed by atoms with E-state index >= 15 is 0 Å². The quantitative estimate of drug-likeness (QED) is 0.392. The Balaban J connectivity index is 1.62. The van der Waals surface area contributed by atoms with Crippen molar-refractivity contribution in [3.8, 4) is 11.5 Å². The number of anilines is 1. The SMILES string of the molecule is COc1cc(C=NNC(=O)c2ccccc2)cc(Cl)c1OCC(=O)Nc1ccc(F)cc1. The largest absolute Gasteiger partial charge is 0.493 e. The van der Waals surface area contributed by atoms with Gasteiger partial charge < -0.3 is 14.8 Å². The van der Waals surface area contributed by atoms with Crippen LogP contribution in [0.5, 0.6) is 11.5 Å². The van der Waals surface area contributed by atoms with Crippen LogP contribution in [-0.2, 0) is 4.79 Å². The molecule has 2 amide bonds. The van der Waals surface area contributed by atoms with Crippen molar-refractivity contribution in [3.05, 3.63) is 88.7 Å². The molecule has 7 nitrogen and oxygen atoms in total. The van der Waals surface area contributed by atoms with Gasteiger partial charge in [0.2, 0.25) is 0 Å². The molecule has 0 radical (unpaired) electrons. The van der Waals surface area contributed by atoms with E-state index in [1.165, 1.54) is 37.6 Å². The smallest absolute Gasteiger partial charge is 0.271 e. The van der Waals surface area contributed by atoms with Crippen molar-refractivity contribution in [3.63, 3.8) is 0 Å². The minimum atomic E-state index is -0.455. The fourth-order valence-corrected chi connectivity index (χ4v) is 2.92. The summed E-state index contributed by atoms with van der Waals surface area (Å²) in [5, 5.41) is 6.69. The predicted octanol–water partition coefficient (Wildman–Crippen LogP) is 4.27. The molecule has 0 heterocycles. The highest BCUT2D eigenvalue weighted by atomic mass is 35.5. The zero-order chi connectivity index (χ0) is 22.9. The van der Waals surface area contributed by atoms with Gasteiger partial charge in [-0.2, -0.15) is 5.10 Å². The Hall–Kier alpha value is -3.91. The summed E-state index contributed by atoms with van der Waals surface area (Å²) in [5.74, 6) is -0.758. The van der Waals surface area contributed by atoms with Crippen molar-refractivity contribution in [1.82, 2.24) is 5.43 Å². The lowest BCUT2D eigenvalue weighted by molar-refractivity contribution is -0.118. The Labute approximate surface area is 188 Å². The average molecular weight is 456 g/mol. The first-order valence-electron chi connectivity index (χ1n) is 9.40. The third-order valence-electron chi connectivity index (χ3n) is 4.14. The van der Waals surface area contributed by atoms with Crippen LogP contribution < -0.4 is 20.2 Å². The van der Waals surface area contributed by atoms with E-state index in [-0.39, 0.29) is 29.0 Å². The molecule has 0 fully saturated rings. The molecule has 0 aromatic heterocycles. The van der Waals surface area contributed by atoms with Gasteiger partial charge in [0.25, 0.3) is 11.8 Å². The third-order valence-corrected chi connectivity index (χ3v) is 4.42. The second-order valence-corrected chi connectivity index (χ2v) is 6.85. The molecule has 0 spiro atoms. The molecule has 0 saturated carbocycles. The summed E-state index contributed by atoms with van der Waals surface area (Å²) in [6, 6.07) is 17.1. The van der Waals surface area contributed by atoms with Gasteiger partial charge in [-0.05, 0) is 54.1 Å². The number of amides is 2. The first-order valence-corrected chi connectivity index (χ1v) is 9.78. The van der Waals surface area contributed by atoms with E-state index in [0.29, 0.717) is 16.8 Å². The minimum Gasteiger partial charge on any atom is -0.493 e. The van der Waals surface area contributed by atoms with Crippen LogP contribution >= 0.6 is 11.6 Å². The van der Waals surface area contributed by atoms with Gasteiger partial charge in [0.1, 0.15) is 5.82 Å². The molecule has 0 aliphatic heterocycles. The summed E-state index contributed by atoms with van der Waals surface area (Å²) in [6.45, 7) is -0.339. The van der Waals surface area contributed by atoms with Gasteiger partial charge in [0.15, 0.2) is 18.1 Å². The van der Waals surface area contributed by atoms with Crippen LogP contribution in [0, 0.1) is 5.82 Å². The monoisotopic (exact) mass is 455 g/mol. The van der Waals surface area contributed by atoms with Gasteiger partial charge in [-0.25, -0.2) is 9.82 Å². The number of carbonyl (C=O) groups excluding carboxylic acids is 2. The number of hydrogen-bond donors (Lipinski definition) is 2. The number of carbonyl (C=O) groups is 2. The zero-order valence-electron chi connectivity index (χ0n) is 17.0. The van der Waals surface area contributed by atoms with E-state index in [2.05, 4.69) is 15.8 Å². The number of hydrogen-bond acceptors (Lipinski definition) is 5. The summed E-state index contributed by atoms with van der Waals surface area (Å²) in [6.07, 6.45) is 1.40. The van der Waals surface area contributed by atoms with Gasteiger partial charge >= 0.3 is 0 Å². The van der Waals surface area contributed by atoms with Crippen LogP contribution in [0.4, 0.5) is 10.1 Å². The maximum atomic E-state index is 13.0. The standard InChI is InChI=1S/C23H19ClFN3O4/c1-31-20-12-15(13-26-28-23(30)16-5-3-2-4-6-16)11-19(24)22(20)32-14-21(29)27-18-9-7-17(25)8-10-18/h2-13H,14H2,1H3,(H,27,29)(H,28,30). The average Bonchev–Trinajstić information content (AvgIpc) is 2.80. The zero-order valence-corrected chi connectivity index (χ0v) is 17.7. The van der Waals surface area contributed by atoms with Crippen LogP contribution in [0.15, 0.2) is 71.8 Å². The number of rotatable bonds is 8. The van der Waals surface area contributed by atoms with Crippen LogP contribution in [-0.4, -0.2) is 31.7 Å². The Bertz CT molecular complexity index is 1120. The topological polar surface area (TPSA) is 89.0 Å². The van der Waals surface area contributed by atoms with E-state index in [9.17, 15) is 14.0 Å². The number of benzene rings is 3. The van der Waals surface area contributed by atoms with Gasteiger partial charge in [0.05, 0.1) is 18.3 Å². The van der Waals surface area contributed by atoms with Crippen LogP contribution in [0.1, 0.15) is 15.9 Å². The lowest BCUT2D eigenvalue weighted by Crippen LogP contribution is -2.20. The maximum Gasteiger partial charge on any atom is 0.271 e. The maximum absolute atomic E-state index is 13.0. The number of hydrazone groups is 1. The number of ether oxygens (including phenoxy) is 2. The first kappa shape index (κ1) is 22.8. The Morgan fingerprint density at radius 2 is 1.81 bits per heavy atom. The highest BCUT2D eigenvalue weighted by Crippen LogP contribution is 2.36. The summed E-state index contributed by atoms with van der Waals surface area (Å²) in [7, 11) is 1.43. The Kier molecular flexibility index (Phi) is 7.77. The third kappa shape index (κ3) is 6.29. The highest BCUT2D eigenvalue weighted by molar-refractivity contribution is 6.32. The second kappa shape index (κ2) is 10.9. The molecule has 0 atom stereocenters. The van der Waals surface area contributed by atoms with E-state index in [4.69, 9.17) is 21.1 Å². The van der Waals surface area contributed by atoms with Crippen LogP contribution in [0.2, 0.25) is 5.02 Å². The Morgan fingerprint density at radius 1 is 1.09 bits per heavy atom. The molecule has 3 aromatic rings. The lowest BCUT2D eigenvalue weighted by atomic mass is 10.2. The molecular formula is C23H19ClFN3O4. The predicted molar refractivity (Wildman–Crippen MR) is 120 cm³/mol. The molecule has 0 saturated heterocycles. The van der Waals surface area contributed by atoms with Crippen molar-refractivity contribution in [1.29, 1.82) is 0 Å². The highest BCUT2D eigenvalue weighted by Gasteiger charge is 2.14. The first-order chi connectivity index (χ1) is 15.5. The number of methoxy groups -OCH3 is 1. The van der Waals surface area contributed by atoms with Crippen molar-refractivity contribution in [2.75, 3.05) is 19.0 Å². The Morgan fingerprint density at radius 3 is 2.50 bits per heavy atom. The van der Waals surface area contributed by atoms with E-state index in [1.807, 2.05) is 6.07 Å². The molecule has 164 valence electrons. The molecule has 3 aromatic carbocycles. The number of halogens is 2. The van der Waals surface area contributed by atoms with E-state index in [0.717, 1.165) is 0 Å². The van der Waals surface area contributed by atoms with Gasteiger partial charge in [-0.15, -0.1) is 0 Å². The lowest BCUT2D eigenvalue weighted by Gasteiger charge is -2.13. The minimum absolute atomic E-state index is 0.175. The normalized spacial score (nSPS) is 10.6. The van der Waals surface area contributed by atoms with E-state index < -0.39 is 11.7 Å². The molecule has 0 bridgehead atoms. The fourth-order valence-electron chi connectivity index (χ4n) is 2.64. The number of nitrogens with one attached hydrogen (secondary N) is 2. The number of nitrogens with zero attached hydrogens (tertiary/aromatic N) is 1. The van der Waals surface area contributed by atoms with Crippen molar-refractivity contribution in [2.45, 2.75) is 0 Å². The van der Waals surface area contributed by atoms with Crippen molar-refractivity contribution in [2.24, 2.45) is 5.10 Å². The molecule has 32 heavy (non-hydrogen) atoms. The fraction of sp³-hybridized carbons (Fsp3) is 0.0870. The molecular weight excluding hydrogens is 437 g/mol. The second-order valence-electron chi connectivity index (χ2n) is 6.44. The molecule has 0 unspecified atom stereocenters. The molecule has 2 N–H and O–H groups in total. The molecule has 3 rings (SSSR count). The summed E-state index contributed by atoms with van der Waals surface area (Å²) in [5.41, 5.74) is 3.88.